The number of hydrogen-bond donors (Lipinski definition) is 3. The van der Waals surface area contributed by atoms with Crippen molar-refractivity contribution in [3.8, 4) is 33.6 Å². The molecule has 0 bridgehead atoms. The molecule has 0 radical (unpaired) electrons. The van der Waals surface area contributed by atoms with E-state index in [1.807, 2.05) is 37.5 Å². The zero-order chi connectivity index (χ0) is 19.8. The van der Waals surface area contributed by atoms with Gasteiger partial charge >= 0.3 is 0 Å². The first-order valence-electron chi connectivity index (χ1n) is 9.47. The number of nitrogens with two attached hydrogens (primary N) is 1. The van der Waals surface area contributed by atoms with Crippen LogP contribution in [0.1, 0.15) is 11.3 Å². The van der Waals surface area contributed by atoms with E-state index in [0.717, 1.165) is 55.8 Å². The maximum absolute atomic E-state index is 5.75. The van der Waals surface area contributed by atoms with Crippen molar-refractivity contribution in [2.45, 2.75) is 13.5 Å². The van der Waals surface area contributed by atoms with Gasteiger partial charge in [-0.25, -0.2) is 0 Å². The lowest BCUT2D eigenvalue weighted by atomic mass is 9.95. The number of nitrogens with one attached hydrogen (secondary N) is 2. The molecule has 0 amide bonds. The quantitative estimate of drug-likeness (QED) is 0.429. The fraction of sp³-hybridized carbons (Fsp3) is 0.0870. The molecule has 5 aromatic rings. The van der Waals surface area contributed by atoms with Crippen LogP contribution in [0.3, 0.4) is 0 Å². The van der Waals surface area contributed by atoms with Crippen LogP contribution in [-0.2, 0) is 6.54 Å². The van der Waals surface area contributed by atoms with Crippen molar-refractivity contribution in [2.75, 3.05) is 0 Å². The van der Waals surface area contributed by atoms with Gasteiger partial charge in [0.05, 0.1) is 29.3 Å². The van der Waals surface area contributed by atoms with E-state index in [4.69, 9.17) is 5.73 Å². The minimum atomic E-state index is 0.531. The second kappa shape index (κ2) is 7.00. The molecule has 6 heteroatoms. The molecule has 0 aliphatic rings. The lowest BCUT2D eigenvalue weighted by molar-refractivity contribution is 1.07. The van der Waals surface area contributed by atoms with Crippen LogP contribution < -0.4 is 5.73 Å². The standard InChI is InChI=1S/C23H20N6/c1-14-3-2-4-21(27-14)23-19(12-26-29-23)17-9-18(20-13-25-28-22(20)10-17)16-7-5-15(11-24)6-8-16/h2-10,12-13H,11,24H2,1H3,(H,25,28)(H,26,29). The van der Waals surface area contributed by atoms with E-state index in [1.165, 1.54) is 0 Å². The van der Waals surface area contributed by atoms with E-state index in [1.54, 1.807) is 0 Å². The summed E-state index contributed by atoms with van der Waals surface area (Å²) in [6, 6.07) is 18.6. The van der Waals surface area contributed by atoms with Crippen molar-refractivity contribution in [2.24, 2.45) is 5.73 Å². The number of H-pyrrole nitrogens is 2. The SMILES string of the molecule is Cc1cccc(-c2[nH]ncc2-c2cc(-c3ccc(CN)cc3)c3cn[nH]c3c2)n1. The first-order valence-corrected chi connectivity index (χ1v) is 9.47. The summed E-state index contributed by atoms with van der Waals surface area (Å²) in [6.07, 6.45) is 3.71. The largest absolute Gasteiger partial charge is 0.326 e. The van der Waals surface area contributed by atoms with Crippen LogP contribution in [0.2, 0.25) is 0 Å². The van der Waals surface area contributed by atoms with E-state index < -0.39 is 0 Å². The predicted molar refractivity (Wildman–Crippen MR) is 115 cm³/mol. The predicted octanol–water partition coefficient (Wildman–Crippen LogP) is 4.45. The van der Waals surface area contributed by atoms with Crippen LogP contribution >= 0.6 is 0 Å². The third kappa shape index (κ3) is 3.09. The normalized spacial score (nSPS) is 11.2. The number of rotatable bonds is 4. The molecule has 3 heterocycles. The van der Waals surface area contributed by atoms with Crippen molar-refractivity contribution in [3.63, 3.8) is 0 Å². The Morgan fingerprint density at radius 3 is 2.48 bits per heavy atom. The molecule has 5 rings (SSSR count). The number of fused-ring (bicyclic) bond motifs is 1. The second-order valence-corrected chi connectivity index (χ2v) is 7.08. The van der Waals surface area contributed by atoms with E-state index in [-0.39, 0.29) is 0 Å². The molecule has 0 saturated carbocycles. The van der Waals surface area contributed by atoms with E-state index in [2.05, 4.69) is 61.8 Å². The van der Waals surface area contributed by atoms with Gasteiger partial charge in [0.15, 0.2) is 0 Å². The average molecular weight is 380 g/mol. The Hall–Kier alpha value is -3.77. The molecule has 0 unspecified atom stereocenters. The highest BCUT2D eigenvalue weighted by Gasteiger charge is 2.15. The van der Waals surface area contributed by atoms with Crippen molar-refractivity contribution >= 4 is 10.9 Å². The maximum atomic E-state index is 5.75. The topological polar surface area (TPSA) is 96.3 Å². The summed E-state index contributed by atoms with van der Waals surface area (Å²) in [5.74, 6) is 0. The third-order valence-corrected chi connectivity index (χ3v) is 5.15. The number of aromatic nitrogens is 5. The number of pyridine rings is 1. The fourth-order valence-corrected chi connectivity index (χ4v) is 3.65. The van der Waals surface area contributed by atoms with E-state index in [9.17, 15) is 0 Å². The number of benzene rings is 2. The highest BCUT2D eigenvalue weighted by atomic mass is 15.1. The summed E-state index contributed by atoms with van der Waals surface area (Å²) in [6.45, 7) is 2.52. The molecule has 0 fully saturated rings. The molecule has 3 aromatic heterocycles. The Bertz CT molecular complexity index is 1300. The summed E-state index contributed by atoms with van der Waals surface area (Å²) in [7, 11) is 0. The van der Waals surface area contributed by atoms with Gasteiger partial charge in [0.1, 0.15) is 0 Å². The first-order chi connectivity index (χ1) is 14.2. The molecule has 0 aliphatic carbocycles. The number of nitrogens with zero attached hydrogens (tertiary/aromatic N) is 3. The molecule has 0 saturated heterocycles. The minimum Gasteiger partial charge on any atom is -0.326 e. The Labute approximate surface area is 167 Å². The monoisotopic (exact) mass is 380 g/mol. The highest BCUT2D eigenvalue weighted by molar-refractivity contribution is 5.99. The Morgan fingerprint density at radius 2 is 1.69 bits per heavy atom. The van der Waals surface area contributed by atoms with Crippen LogP contribution in [0.4, 0.5) is 0 Å². The van der Waals surface area contributed by atoms with Gasteiger partial charge in [0.2, 0.25) is 0 Å². The molecule has 2 aromatic carbocycles. The first kappa shape index (κ1) is 17.3. The smallest absolute Gasteiger partial charge is 0.0912 e. The zero-order valence-corrected chi connectivity index (χ0v) is 16.0. The highest BCUT2D eigenvalue weighted by Crippen LogP contribution is 2.36. The van der Waals surface area contributed by atoms with Gasteiger partial charge in [-0.05, 0) is 53.4 Å². The molecule has 29 heavy (non-hydrogen) atoms. The number of hydrogen-bond acceptors (Lipinski definition) is 4. The van der Waals surface area contributed by atoms with Crippen LogP contribution in [0.5, 0.6) is 0 Å². The van der Waals surface area contributed by atoms with Crippen molar-refractivity contribution < 1.29 is 0 Å². The molecule has 0 atom stereocenters. The van der Waals surface area contributed by atoms with Gasteiger partial charge in [-0.3, -0.25) is 15.2 Å². The lowest BCUT2D eigenvalue weighted by Gasteiger charge is -2.09. The fourth-order valence-electron chi connectivity index (χ4n) is 3.65. The van der Waals surface area contributed by atoms with Crippen molar-refractivity contribution in [1.82, 2.24) is 25.4 Å². The van der Waals surface area contributed by atoms with Gasteiger partial charge < -0.3 is 5.73 Å². The van der Waals surface area contributed by atoms with Crippen LogP contribution in [0, 0.1) is 6.92 Å². The summed E-state index contributed by atoms with van der Waals surface area (Å²) in [4.78, 5) is 4.65. The molecule has 6 nitrogen and oxygen atoms in total. The average Bonchev–Trinajstić information content (AvgIpc) is 3.42. The molecular formula is C23H20N6. The van der Waals surface area contributed by atoms with Crippen molar-refractivity contribution in [3.05, 3.63) is 78.2 Å². The summed E-state index contributed by atoms with van der Waals surface area (Å²) in [5.41, 5.74) is 14.9. The molecule has 0 aliphatic heterocycles. The van der Waals surface area contributed by atoms with Crippen LogP contribution in [0.15, 0.2) is 67.0 Å². The summed E-state index contributed by atoms with van der Waals surface area (Å²) < 4.78 is 0. The molecular weight excluding hydrogens is 360 g/mol. The summed E-state index contributed by atoms with van der Waals surface area (Å²) in [5, 5.41) is 15.8. The molecule has 4 N–H and O–H groups in total. The van der Waals surface area contributed by atoms with Crippen LogP contribution in [0.25, 0.3) is 44.5 Å². The summed E-state index contributed by atoms with van der Waals surface area (Å²) >= 11 is 0. The van der Waals surface area contributed by atoms with Gasteiger partial charge in [-0.15, -0.1) is 0 Å². The van der Waals surface area contributed by atoms with Gasteiger partial charge in [0.25, 0.3) is 0 Å². The molecule has 0 spiro atoms. The number of aryl methyl sites for hydroxylation is 1. The second-order valence-electron chi connectivity index (χ2n) is 7.08. The van der Waals surface area contributed by atoms with E-state index in [0.29, 0.717) is 6.54 Å². The third-order valence-electron chi connectivity index (χ3n) is 5.15. The Balaban J connectivity index is 1.69. The van der Waals surface area contributed by atoms with Crippen LogP contribution in [-0.4, -0.2) is 25.4 Å². The van der Waals surface area contributed by atoms with Gasteiger partial charge in [0, 0.05) is 23.2 Å². The number of aromatic amines is 2. The van der Waals surface area contributed by atoms with Gasteiger partial charge in [-0.1, -0.05) is 30.3 Å². The van der Waals surface area contributed by atoms with E-state index >= 15 is 0 Å². The Morgan fingerprint density at radius 1 is 0.862 bits per heavy atom. The van der Waals surface area contributed by atoms with Crippen molar-refractivity contribution in [1.29, 1.82) is 0 Å². The van der Waals surface area contributed by atoms with Gasteiger partial charge in [-0.2, -0.15) is 10.2 Å². The lowest BCUT2D eigenvalue weighted by Crippen LogP contribution is -1.95. The zero-order valence-electron chi connectivity index (χ0n) is 16.0. The minimum absolute atomic E-state index is 0.531. The Kier molecular flexibility index (Phi) is 4.18. The maximum Gasteiger partial charge on any atom is 0.0912 e. The molecule has 142 valence electrons.